The zero-order chi connectivity index (χ0) is 8.10. The number of aryl methyl sites for hydroxylation is 1. The Bertz CT molecular complexity index is 257. The van der Waals surface area contributed by atoms with Gasteiger partial charge in [0.25, 0.3) is 0 Å². The third-order valence-electron chi connectivity index (χ3n) is 1.45. The van der Waals surface area contributed by atoms with E-state index in [1.165, 1.54) is 16.2 Å². The zero-order valence-corrected chi connectivity index (χ0v) is 7.45. The molecule has 1 nitrogen and oxygen atoms in total. The summed E-state index contributed by atoms with van der Waals surface area (Å²) in [4.78, 5) is 5.95. The molecule has 1 aromatic heterocycles. The van der Waals surface area contributed by atoms with Crippen molar-refractivity contribution in [2.75, 3.05) is 0 Å². The van der Waals surface area contributed by atoms with Gasteiger partial charge in [0.05, 0.1) is 4.88 Å². The minimum absolute atomic E-state index is 0.550. The molecule has 1 aromatic rings. The van der Waals surface area contributed by atoms with Crippen LogP contribution in [0.3, 0.4) is 0 Å². The molecule has 0 radical (unpaired) electrons. The van der Waals surface area contributed by atoms with Crippen LogP contribution in [0.5, 0.6) is 0 Å². The number of thiophene rings is 1. The summed E-state index contributed by atoms with van der Waals surface area (Å²) in [6.45, 7) is 9.41. The number of hydrogen-bond donors (Lipinski definition) is 0. The van der Waals surface area contributed by atoms with E-state index in [4.69, 9.17) is 6.57 Å². The van der Waals surface area contributed by atoms with Gasteiger partial charge in [0, 0.05) is 4.88 Å². The van der Waals surface area contributed by atoms with Crippen molar-refractivity contribution in [2.24, 2.45) is 0 Å². The summed E-state index contributed by atoms with van der Waals surface area (Å²) >= 11 is 1.77. The molecule has 58 valence electrons. The Morgan fingerprint density at radius 1 is 1.45 bits per heavy atom. The molecule has 0 fully saturated rings. The Balaban J connectivity index is 2.60. The van der Waals surface area contributed by atoms with Crippen molar-refractivity contribution in [1.82, 2.24) is 0 Å². The Morgan fingerprint density at radius 3 is 2.82 bits per heavy atom. The first-order chi connectivity index (χ1) is 5.36. The van der Waals surface area contributed by atoms with Crippen molar-refractivity contribution >= 4 is 11.3 Å². The second kappa shape index (κ2) is 4.15. The highest BCUT2D eigenvalue weighted by atomic mass is 32.1. The lowest BCUT2D eigenvalue weighted by molar-refractivity contribution is 0.940. The second-order valence-electron chi connectivity index (χ2n) is 2.43. The molecular weight excluding hydrogens is 154 g/mol. The van der Waals surface area contributed by atoms with Gasteiger partial charge in [0.15, 0.2) is 0 Å². The quantitative estimate of drug-likeness (QED) is 0.606. The molecule has 0 aliphatic heterocycles. The molecule has 0 saturated heterocycles. The molecule has 0 N–H and O–H groups in total. The standard InChI is InChI=1S/C9H11NS/c1-3-4-8-5-6-9(11-8)7-10-2/h5-6H,3-4,7H2,1H3. The lowest BCUT2D eigenvalue weighted by Crippen LogP contribution is -1.72. The van der Waals surface area contributed by atoms with Crippen LogP contribution < -0.4 is 0 Å². The van der Waals surface area contributed by atoms with Gasteiger partial charge in [0.1, 0.15) is 0 Å². The summed E-state index contributed by atoms with van der Waals surface area (Å²) in [5.41, 5.74) is 0. The highest BCUT2D eigenvalue weighted by Crippen LogP contribution is 2.18. The van der Waals surface area contributed by atoms with E-state index in [1.54, 1.807) is 11.3 Å². The van der Waals surface area contributed by atoms with Crippen LogP contribution in [0.2, 0.25) is 0 Å². The van der Waals surface area contributed by atoms with Crippen LogP contribution in [0.15, 0.2) is 12.1 Å². The van der Waals surface area contributed by atoms with Gasteiger partial charge < -0.3 is 4.85 Å². The average molecular weight is 165 g/mol. The molecule has 2 heteroatoms. The Hall–Kier alpha value is -0.810. The van der Waals surface area contributed by atoms with E-state index in [1.807, 2.05) is 0 Å². The summed E-state index contributed by atoms with van der Waals surface area (Å²) in [7, 11) is 0. The molecule has 0 aliphatic rings. The first-order valence-corrected chi connectivity index (χ1v) is 4.59. The largest absolute Gasteiger partial charge is 0.311 e. The highest BCUT2D eigenvalue weighted by molar-refractivity contribution is 7.12. The fourth-order valence-corrected chi connectivity index (χ4v) is 2.01. The van der Waals surface area contributed by atoms with Gasteiger partial charge >= 0.3 is 0 Å². The van der Waals surface area contributed by atoms with Crippen LogP contribution >= 0.6 is 11.3 Å². The fourth-order valence-electron chi connectivity index (χ4n) is 0.966. The molecular formula is C9H11NS. The van der Waals surface area contributed by atoms with Crippen LogP contribution in [0.4, 0.5) is 0 Å². The molecule has 0 saturated carbocycles. The zero-order valence-electron chi connectivity index (χ0n) is 6.63. The predicted octanol–water partition coefficient (Wildman–Crippen LogP) is 3.12. The Morgan fingerprint density at radius 2 is 2.18 bits per heavy atom. The molecule has 0 bridgehead atoms. The Labute approximate surface area is 71.5 Å². The first kappa shape index (κ1) is 8.29. The normalized spacial score (nSPS) is 9.45. The molecule has 0 unspecified atom stereocenters. The maximum Gasteiger partial charge on any atom is 0.248 e. The SMILES string of the molecule is [C-]#[N+]Cc1ccc(CCC)s1. The monoisotopic (exact) mass is 165 g/mol. The van der Waals surface area contributed by atoms with Gasteiger partial charge in [-0.05, 0) is 18.6 Å². The summed E-state index contributed by atoms with van der Waals surface area (Å²) in [5.74, 6) is 0. The summed E-state index contributed by atoms with van der Waals surface area (Å²) in [6.07, 6.45) is 2.35. The van der Waals surface area contributed by atoms with Gasteiger partial charge in [-0.2, -0.15) is 0 Å². The van der Waals surface area contributed by atoms with Gasteiger partial charge in [-0.15, -0.1) is 11.3 Å². The summed E-state index contributed by atoms with van der Waals surface area (Å²) in [6, 6.07) is 4.20. The molecule has 1 heterocycles. The molecule has 0 atom stereocenters. The average Bonchev–Trinajstić information content (AvgIpc) is 2.38. The van der Waals surface area contributed by atoms with Crippen molar-refractivity contribution < 1.29 is 0 Å². The number of nitrogens with zero attached hydrogens (tertiary/aromatic N) is 1. The van der Waals surface area contributed by atoms with Crippen LogP contribution in [0.25, 0.3) is 4.85 Å². The van der Waals surface area contributed by atoms with Gasteiger partial charge in [-0.1, -0.05) is 13.3 Å². The van der Waals surface area contributed by atoms with E-state index < -0.39 is 0 Å². The summed E-state index contributed by atoms with van der Waals surface area (Å²) in [5, 5.41) is 0. The molecule has 0 aromatic carbocycles. The lowest BCUT2D eigenvalue weighted by atomic mass is 10.3. The van der Waals surface area contributed by atoms with E-state index in [-0.39, 0.29) is 0 Å². The van der Waals surface area contributed by atoms with Crippen LogP contribution in [-0.2, 0) is 13.0 Å². The minimum Gasteiger partial charge on any atom is -0.311 e. The molecule has 0 spiro atoms. The third kappa shape index (κ3) is 2.36. The van der Waals surface area contributed by atoms with Crippen LogP contribution in [-0.4, -0.2) is 0 Å². The number of rotatable bonds is 3. The van der Waals surface area contributed by atoms with Crippen molar-refractivity contribution in [2.45, 2.75) is 26.3 Å². The van der Waals surface area contributed by atoms with Crippen molar-refractivity contribution in [3.8, 4) is 0 Å². The topological polar surface area (TPSA) is 4.36 Å². The van der Waals surface area contributed by atoms with E-state index >= 15 is 0 Å². The smallest absolute Gasteiger partial charge is 0.248 e. The van der Waals surface area contributed by atoms with Crippen LogP contribution in [0.1, 0.15) is 23.1 Å². The van der Waals surface area contributed by atoms with Crippen LogP contribution in [0, 0.1) is 6.57 Å². The first-order valence-electron chi connectivity index (χ1n) is 3.77. The molecule has 0 amide bonds. The number of hydrogen-bond acceptors (Lipinski definition) is 1. The fraction of sp³-hybridized carbons (Fsp3) is 0.444. The van der Waals surface area contributed by atoms with E-state index in [0.29, 0.717) is 6.54 Å². The van der Waals surface area contributed by atoms with Gasteiger partial charge in [-0.3, -0.25) is 0 Å². The molecule has 0 aliphatic carbocycles. The van der Waals surface area contributed by atoms with E-state index in [2.05, 4.69) is 23.9 Å². The van der Waals surface area contributed by atoms with Gasteiger partial charge in [-0.25, -0.2) is 6.57 Å². The van der Waals surface area contributed by atoms with E-state index in [9.17, 15) is 0 Å². The Kier molecular flexibility index (Phi) is 3.13. The lowest BCUT2D eigenvalue weighted by Gasteiger charge is -1.87. The minimum atomic E-state index is 0.550. The van der Waals surface area contributed by atoms with Crippen molar-refractivity contribution in [3.63, 3.8) is 0 Å². The van der Waals surface area contributed by atoms with Gasteiger partial charge in [0.2, 0.25) is 6.54 Å². The van der Waals surface area contributed by atoms with Crippen molar-refractivity contribution in [3.05, 3.63) is 33.3 Å². The predicted molar refractivity (Wildman–Crippen MR) is 48.6 cm³/mol. The highest BCUT2D eigenvalue weighted by Gasteiger charge is 1.99. The second-order valence-corrected chi connectivity index (χ2v) is 3.69. The third-order valence-corrected chi connectivity index (χ3v) is 2.58. The maximum absolute atomic E-state index is 6.68. The maximum atomic E-state index is 6.68. The van der Waals surface area contributed by atoms with E-state index in [0.717, 1.165) is 6.42 Å². The summed E-state index contributed by atoms with van der Waals surface area (Å²) < 4.78 is 0. The molecule has 11 heavy (non-hydrogen) atoms. The molecule has 1 rings (SSSR count). The van der Waals surface area contributed by atoms with Crippen molar-refractivity contribution in [1.29, 1.82) is 0 Å².